The Balaban J connectivity index is 2.93. The molecule has 0 unspecified atom stereocenters. The Morgan fingerprint density at radius 1 is 0.456 bits per heavy atom. The molecule has 0 aliphatic heterocycles. The van der Waals surface area contributed by atoms with E-state index in [1.807, 2.05) is 13.0 Å². The smallest absolute Gasteiger partial charge is 0.311 e. The Hall–Kier alpha value is -4.54. The summed E-state index contributed by atoms with van der Waals surface area (Å²) < 4.78 is 11.1. The summed E-state index contributed by atoms with van der Waals surface area (Å²) >= 11 is 0. The fraction of sp³-hybridized carbons (Fsp3) is 0.532. The number of aliphatic carboxylic acids is 2. The third-order valence-corrected chi connectivity index (χ3v) is 9.69. The van der Waals surface area contributed by atoms with Crippen LogP contribution in [0, 0.1) is 6.92 Å². The lowest BCUT2D eigenvalue weighted by Gasteiger charge is -2.22. The summed E-state index contributed by atoms with van der Waals surface area (Å²) in [7, 11) is 0. The second-order valence-electron chi connectivity index (χ2n) is 15.2. The molecule has 0 bridgehead atoms. The Kier molecular flexibility index (Phi) is 24.8. The van der Waals surface area contributed by atoms with Crippen LogP contribution in [0.4, 0.5) is 0 Å². The topological polar surface area (TPSA) is 168 Å². The number of carboxylic acids is 2. The van der Waals surface area contributed by atoms with Crippen molar-refractivity contribution in [2.75, 3.05) is 0 Å². The Bertz CT molecular complexity index is 1700. The minimum absolute atomic E-state index is 0.0113. The van der Waals surface area contributed by atoms with E-state index < -0.39 is 62.8 Å². The predicted molar refractivity (Wildman–Crippen MR) is 226 cm³/mol. The number of hydrogen-bond acceptors (Lipinski definition) is 8. The van der Waals surface area contributed by atoms with E-state index in [9.17, 15) is 29.4 Å². The van der Waals surface area contributed by atoms with Gasteiger partial charge in [0, 0.05) is 16.7 Å². The van der Waals surface area contributed by atoms with Crippen LogP contribution in [0.3, 0.4) is 0 Å². The number of carbonyl (C=O) groups is 4. The van der Waals surface area contributed by atoms with E-state index in [-0.39, 0.29) is 29.0 Å². The highest BCUT2D eigenvalue weighted by Gasteiger charge is 2.26. The van der Waals surface area contributed by atoms with Gasteiger partial charge in [-0.15, -0.1) is 0 Å². The molecule has 0 atom stereocenters. The van der Waals surface area contributed by atoms with Crippen LogP contribution < -0.4 is 9.47 Å². The summed E-state index contributed by atoms with van der Waals surface area (Å²) in [5.74, 6) is -4.10. The van der Waals surface area contributed by atoms with E-state index in [1.165, 1.54) is 27.9 Å². The highest BCUT2D eigenvalue weighted by Crippen LogP contribution is 2.40. The van der Waals surface area contributed by atoms with Crippen LogP contribution >= 0.6 is 0 Å². The summed E-state index contributed by atoms with van der Waals surface area (Å²) in [6, 6.07) is 0. The molecule has 4 N–H and O–H groups in total. The van der Waals surface area contributed by atoms with Gasteiger partial charge in [-0.3, -0.25) is 19.2 Å². The Morgan fingerprint density at radius 3 is 1.14 bits per heavy atom. The lowest BCUT2D eigenvalue weighted by molar-refractivity contribution is -0.142. The highest BCUT2D eigenvalue weighted by molar-refractivity contribution is 5.81. The van der Waals surface area contributed by atoms with Crippen LogP contribution in [0.2, 0.25) is 0 Å². The average molecular weight is 793 g/mol. The van der Waals surface area contributed by atoms with E-state index in [0.29, 0.717) is 11.1 Å². The summed E-state index contributed by atoms with van der Waals surface area (Å²) in [6.07, 6.45) is 22.1. The first-order valence-corrected chi connectivity index (χ1v) is 20.1. The number of esters is 2. The molecule has 0 aliphatic carbocycles. The van der Waals surface area contributed by atoms with Crippen LogP contribution in [-0.4, -0.2) is 44.3 Å². The second kappa shape index (κ2) is 28.0. The molecule has 0 saturated heterocycles. The molecule has 0 heterocycles. The van der Waals surface area contributed by atoms with Crippen molar-refractivity contribution < 1.29 is 49.1 Å². The van der Waals surface area contributed by atoms with Gasteiger partial charge < -0.3 is 29.9 Å². The molecule has 0 aliphatic rings. The number of hydrogen-bond donors (Lipinski definition) is 4. The monoisotopic (exact) mass is 792 g/mol. The summed E-state index contributed by atoms with van der Waals surface area (Å²) in [4.78, 5) is 47.3. The molecule has 10 heteroatoms. The maximum atomic E-state index is 12.7. The largest absolute Gasteiger partial charge is 0.481 e. The van der Waals surface area contributed by atoms with Gasteiger partial charge in [0.15, 0.2) is 0 Å². The van der Waals surface area contributed by atoms with Crippen molar-refractivity contribution in [2.45, 2.75) is 165 Å². The number of aliphatic hydroxyl groups excluding tert-OH is 2. The normalized spacial score (nSPS) is 12.8. The number of carboxylic acid groups (broad SMARTS) is 2. The Morgan fingerprint density at radius 2 is 0.789 bits per heavy atom. The fourth-order valence-corrected chi connectivity index (χ4v) is 6.14. The van der Waals surface area contributed by atoms with Crippen LogP contribution in [-0.2, 0) is 38.8 Å². The molecule has 0 aromatic heterocycles. The van der Waals surface area contributed by atoms with Gasteiger partial charge in [-0.1, -0.05) is 69.9 Å². The number of ether oxygens (including phenoxy) is 2. The van der Waals surface area contributed by atoms with Crippen molar-refractivity contribution in [2.24, 2.45) is 0 Å². The number of benzene rings is 1. The zero-order valence-corrected chi connectivity index (χ0v) is 35.7. The van der Waals surface area contributed by atoms with Gasteiger partial charge in [-0.05, 0) is 132 Å². The van der Waals surface area contributed by atoms with Gasteiger partial charge in [0.25, 0.3) is 0 Å². The number of aliphatic hydroxyl groups is 2. The van der Waals surface area contributed by atoms with E-state index in [1.54, 1.807) is 6.92 Å². The zero-order chi connectivity index (χ0) is 42.9. The number of rotatable bonds is 27. The summed E-state index contributed by atoms with van der Waals surface area (Å²) in [5.41, 5.74) is 8.84. The molecule has 1 rings (SSSR count). The molecule has 57 heavy (non-hydrogen) atoms. The van der Waals surface area contributed by atoms with Gasteiger partial charge in [0.2, 0.25) is 0 Å². The molecule has 10 nitrogen and oxygen atoms in total. The van der Waals surface area contributed by atoms with Gasteiger partial charge in [-0.2, -0.15) is 0 Å². The van der Waals surface area contributed by atoms with E-state index in [4.69, 9.17) is 19.7 Å². The Labute approximate surface area is 340 Å². The lowest BCUT2D eigenvalue weighted by Crippen LogP contribution is -2.18. The van der Waals surface area contributed by atoms with E-state index in [2.05, 4.69) is 71.9 Å². The maximum absolute atomic E-state index is 12.7. The van der Waals surface area contributed by atoms with Gasteiger partial charge in [-0.25, -0.2) is 0 Å². The molecule has 0 saturated carbocycles. The molecule has 1 aromatic carbocycles. The quantitative estimate of drug-likeness (QED) is 0.0382. The van der Waals surface area contributed by atoms with Crippen molar-refractivity contribution in [3.05, 3.63) is 92.1 Å². The molecule has 1 aromatic rings. The summed E-state index contributed by atoms with van der Waals surface area (Å²) in [6.45, 7) is 15.3. The third-order valence-electron chi connectivity index (χ3n) is 9.69. The average Bonchev–Trinajstić information content (AvgIpc) is 3.13. The lowest BCUT2D eigenvalue weighted by atomic mass is 9.93. The fourth-order valence-electron chi connectivity index (χ4n) is 6.14. The molecule has 0 fully saturated rings. The van der Waals surface area contributed by atoms with Crippen molar-refractivity contribution in [3.8, 4) is 11.5 Å². The van der Waals surface area contributed by atoms with Crippen molar-refractivity contribution >= 4 is 23.9 Å². The van der Waals surface area contributed by atoms with Crippen molar-refractivity contribution in [3.63, 3.8) is 0 Å². The standard InChI is InChI=1S/C47H68O10/c1-32(2)14-9-15-33(3)16-10-17-34(4)18-11-19-35(5)20-12-21-36(6)22-13-23-37(7)24-25-39-38(8)46(56-44(54)28-26-42(50)51)40(30-48)41(31-49)47(39)57-45(55)29-27-43(52)53/h14,16,18,20,22,24,48-49H,9-13,15,17,19,21,23,25-31H2,1-8H3,(H,50,51)(H,52,53)/b33-16+,34-18+,35-20+,36-22+,37-24+. The van der Waals surface area contributed by atoms with E-state index in [0.717, 1.165) is 69.8 Å². The zero-order valence-electron chi connectivity index (χ0n) is 35.7. The minimum atomic E-state index is -1.18. The first-order chi connectivity index (χ1) is 27.0. The molecule has 316 valence electrons. The highest BCUT2D eigenvalue weighted by atomic mass is 16.5. The van der Waals surface area contributed by atoms with Crippen LogP contribution in [0.25, 0.3) is 0 Å². The predicted octanol–water partition coefficient (Wildman–Crippen LogP) is 10.7. The summed E-state index contributed by atoms with van der Waals surface area (Å²) in [5, 5.41) is 38.6. The molecule has 0 spiro atoms. The van der Waals surface area contributed by atoms with Gasteiger partial charge in [0.1, 0.15) is 11.5 Å². The second-order valence-corrected chi connectivity index (χ2v) is 15.2. The molecule has 0 radical (unpaired) electrons. The first kappa shape index (κ1) is 50.5. The first-order valence-electron chi connectivity index (χ1n) is 20.1. The van der Waals surface area contributed by atoms with E-state index >= 15 is 0 Å². The van der Waals surface area contributed by atoms with Crippen molar-refractivity contribution in [1.29, 1.82) is 0 Å². The van der Waals surface area contributed by atoms with Crippen LogP contribution in [0.5, 0.6) is 11.5 Å². The number of carbonyl (C=O) groups excluding carboxylic acids is 2. The van der Waals surface area contributed by atoms with Crippen LogP contribution in [0.1, 0.15) is 161 Å². The number of allylic oxidation sites excluding steroid dienone is 12. The van der Waals surface area contributed by atoms with Gasteiger partial charge >= 0.3 is 23.9 Å². The SMILES string of the molecule is CC(C)=CCC/C(C)=C/CC/C(C)=C/CC/C(C)=C/CC/C(C)=C/CC/C(C)=C/Cc1c(C)c(OC(=O)CCC(=O)O)c(CO)c(CO)c1OC(=O)CCC(=O)O. The molecular formula is C47H68O10. The minimum Gasteiger partial charge on any atom is -0.481 e. The van der Waals surface area contributed by atoms with Gasteiger partial charge in [0.05, 0.1) is 38.9 Å². The third kappa shape index (κ3) is 21.5. The van der Waals surface area contributed by atoms with Crippen molar-refractivity contribution in [1.82, 2.24) is 0 Å². The van der Waals surface area contributed by atoms with Crippen LogP contribution in [0.15, 0.2) is 69.9 Å². The molecular weight excluding hydrogens is 725 g/mol. The maximum Gasteiger partial charge on any atom is 0.311 e. The molecule has 0 amide bonds.